The molecule has 1 N–H and O–H groups in total. The van der Waals surface area contributed by atoms with Crippen molar-refractivity contribution in [3.05, 3.63) is 120 Å². The summed E-state index contributed by atoms with van der Waals surface area (Å²) in [6, 6.07) is 16.6. The molecule has 0 aliphatic carbocycles. The number of Topliss-reactive ketones (excluding diaryl/α,β-unsaturated/α-hetero) is 1. The Kier molecular flexibility index (Phi) is 10.6. The van der Waals surface area contributed by atoms with Crippen molar-refractivity contribution in [2.24, 2.45) is 4.99 Å². The molecule has 0 aliphatic heterocycles. The lowest BCUT2D eigenvalue weighted by atomic mass is 9.97. The first kappa shape index (κ1) is 27.2. The minimum atomic E-state index is -0.101. The summed E-state index contributed by atoms with van der Waals surface area (Å²) in [5.74, 6) is -0.103. The molecule has 0 radical (unpaired) electrons. The van der Waals surface area contributed by atoms with Crippen molar-refractivity contribution in [1.82, 2.24) is 5.32 Å². The maximum atomic E-state index is 12.7. The molecule has 0 amide bonds. The first-order valence-electron chi connectivity index (χ1n) is 11.7. The van der Waals surface area contributed by atoms with Crippen LogP contribution in [0.25, 0.3) is 11.3 Å². The van der Waals surface area contributed by atoms with E-state index in [4.69, 9.17) is 4.99 Å². The molecule has 2 aromatic rings. The number of benzene rings is 2. The highest BCUT2D eigenvalue weighted by molar-refractivity contribution is 6.28. The van der Waals surface area contributed by atoms with Gasteiger partial charge in [0.15, 0.2) is 11.6 Å². The van der Waals surface area contributed by atoms with Gasteiger partial charge in [0, 0.05) is 22.9 Å². The van der Waals surface area contributed by atoms with E-state index in [-0.39, 0.29) is 11.6 Å². The smallest absolute Gasteiger partial charge is 0.193 e. The van der Waals surface area contributed by atoms with E-state index in [1.165, 1.54) is 0 Å². The zero-order valence-corrected chi connectivity index (χ0v) is 21.1. The summed E-state index contributed by atoms with van der Waals surface area (Å²) in [6.45, 7) is 15.6. The molecule has 4 nitrogen and oxygen atoms in total. The lowest BCUT2D eigenvalue weighted by Crippen LogP contribution is -2.20. The number of rotatable bonds is 12. The second kappa shape index (κ2) is 13.6. The van der Waals surface area contributed by atoms with Gasteiger partial charge in [0.25, 0.3) is 0 Å². The van der Waals surface area contributed by atoms with E-state index in [2.05, 4.69) is 25.4 Å². The molecule has 0 atom stereocenters. The highest BCUT2D eigenvalue weighted by Gasteiger charge is 2.13. The predicted molar refractivity (Wildman–Crippen MR) is 148 cm³/mol. The Bertz CT molecular complexity index is 1190. The molecular formula is C31H34N2O2. The average Bonchev–Trinajstić information content (AvgIpc) is 2.86. The molecule has 0 saturated heterocycles. The van der Waals surface area contributed by atoms with E-state index in [0.29, 0.717) is 22.5 Å². The molecule has 0 saturated carbocycles. The molecule has 2 aromatic carbocycles. The number of aliphatic imine (C=N–C) groups is 1. The number of nitrogens with one attached hydrogen (secondary N) is 1. The van der Waals surface area contributed by atoms with E-state index in [1.807, 2.05) is 74.5 Å². The van der Waals surface area contributed by atoms with E-state index >= 15 is 0 Å². The molecule has 0 bridgehead atoms. The third kappa shape index (κ3) is 8.04. The summed E-state index contributed by atoms with van der Waals surface area (Å²) in [5.41, 5.74) is 5.57. The van der Waals surface area contributed by atoms with Crippen LogP contribution in [0.1, 0.15) is 62.0 Å². The number of hydrogen-bond acceptors (Lipinski definition) is 4. The number of hydrogen-bond donors (Lipinski definition) is 1. The molecule has 2 rings (SSSR count). The Balaban J connectivity index is 2.27. The highest BCUT2D eigenvalue weighted by Crippen LogP contribution is 2.22. The zero-order valence-electron chi connectivity index (χ0n) is 21.1. The molecule has 0 aromatic heterocycles. The van der Waals surface area contributed by atoms with Crippen LogP contribution in [-0.4, -0.2) is 17.3 Å². The standard InChI is InChI=1S/C31H34N2O2/c1-7-13-28(21-22(4)34)33-29(9-3)30(14-8-2)32-24(6)26-19-17-25(18-20-26)23(5)31(35)27-15-11-10-12-16-27/h8-12,14-21,33H,5-7,13H2,1-4H3/b14-8-,28-21+,29-9-,32-30?. The van der Waals surface area contributed by atoms with Gasteiger partial charge in [-0.2, -0.15) is 0 Å². The molecule has 0 aliphatic rings. The molecule has 0 heterocycles. The fourth-order valence-corrected chi connectivity index (χ4v) is 3.46. The van der Waals surface area contributed by atoms with E-state index < -0.39 is 0 Å². The van der Waals surface area contributed by atoms with Crippen molar-refractivity contribution in [3.63, 3.8) is 0 Å². The van der Waals surface area contributed by atoms with Crippen molar-refractivity contribution in [1.29, 1.82) is 0 Å². The predicted octanol–water partition coefficient (Wildman–Crippen LogP) is 7.34. The summed E-state index contributed by atoms with van der Waals surface area (Å²) in [5, 5.41) is 3.36. The van der Waals surface area contributed by atoms with Gasteiger partial charge in [0.05, 0.1) is 17.1 Å². The number of carbonyl (C=O) groups is 2. The lowest BCUT2D eigenvalue weighted by Gasteiger charge is -2.15. The van der Waals surface area contributed by atoms with Gasteiger partial charge >= 0.3 is 0 Å². The normalized spacial score (nSPS) is 12.5. The van der Waals surface area contributed by atoms with Gasteiger partial charge in [0.1, 0.15) is 0 Å². The van der Waals surface area contributed by atoms with Gasteiger partial charge in [-0.3, -0.25) is 9.59 Å². The monoisotopic (exact) mass is 466 g/mol. The van der Waals surface area contributed by atoms with Crippen molar-refractivity contribution in [2.75, 3.05) is 0 Å². The van der Waals surface area contributed by atoms with Crippen LogP contribution in [0.3, 0.4) is 0 Å². The van der Waals surface area contributed by atoms with Gasteiger partial charge in [-0.15, -0.1) is 0 Å². The molecule has 0 unspecified atom stereocenters. The number of nitrogens with zero attached hydrogens (tertiary/aromatic N) is 1. The first-order chi connectivity index (χ1) is 16.8. The first-order valence-corrected chi connectivity index (χ1v) is 11.7. The van der Waals surface area contributed by atoms with Gasteiger partial charge in [-0.1, -0.05) is 93.3 Å². The average molecular weight is 467 g/mol. The molecular weight excluding hydrogens is 432 g/mol. The maximum Gasteiger partial charge on any atom is 0.193 e. The summed E-state index contributed by atoms with van der Waals surface area (Å²) >= 11 is 0. The minimum absolute atomic E-state index is 0.00208. The van der Waals surface area contributed by atoms with Gasteiger partial charge in [-0.05, 0) is 44.4 Å². The van der Waals surface area contributed by atoms with Crippen LogP contribution in [0.2, 0.25) is 0 Å². The Labute approximate surface area is 209 Å². The van der Waals surface area contributed by atoms with Crippen LogP contribution in [0.15, 0.2) is 108 Å². The molecule has 4 heteroatoms. The van der Waals surface area contributed by atoms with Crippen molar-refractivity contribution in [2.45, 2.75) is 40.5 Å². The zero-order chi connectivity index (χ0) is 25.8. The lowest BCUT2D eigenvalue weighted by molar-refractivity contribution is -0.112. The topological polar surface area (TPSA) is 58.5 Å². The molecule has 0 spiro atoms. The maximum absolute atomic E-state index is 12.7. The second-order valence-corrected chi connectivity index (χ2v) is 8.05. The van der Waals surface area contributed by atoms with Crippen LogP contribution in [0.4, 0.5) is 0 Å². The van der Waals surface area contributed by atoms with Crippen molar-refractivity contribution < 1.29 is 9.59 Å². The van der Waals surface area contributed by atoms with E-state index in [9.17, 15) is 9.59 Å². The van der Waals surface area contributed by atoms with Gasteiger partial charge < -0.3 is 5.32 Å². The Morgan fingerprint density at radius 2 is 1.57 bits per heavy atom. The minimum Gasteiger partial charge on any atom is -0.357 e. The quantitative estimate of drug-likeness (QED) is 0.202. The van der Waals surface area contributed by atoms with Gasteiger partial charge in [-0.25, -0.2) is 4.99 Å². The highest BCUT2D eigenvalue weighted by atomic mass is 16.1. The third-order valence-corrected chi connectivity index (χ3v) is 5.21. The Morgan fingerprint density at radius 3 is 2.11 bits per heavy atom. The summed E-state index contributed by atoms with van der Waals surface area (Å²) in [7, 11) is 0. The van der Waals surface area contributed by atoms with Crippen LogP contribution in [-0.2, 0) is 4.79 Å². The fraction of sp³-hybridized carbons (Fsp3) is 0.194. The molecule has 35 heavy (non-hydrogen) atoms. The van der Waals surface area contributed by atoms with Crippen LogP contribution in [0, 0.1) is 0 Å². The summed E-state index contributed by atoms with van der Waals surface area (Å²) in [6.07, 6.45) is 9.03. The summed E-state index contributed by atoms with van der Waals surface area (Å²) < 4.78 is 0. The Hall–Kier alpha value is -4.05. The Morgan fingerprint density at radius 1 is 0.943 bits per heavy atom. The third-order valence-electron chi connectivity index (χ3n) is 5.21. The van der Waals surface area contributed by atoms with E-state index in [0.717, 1.165) is 35.4 Å². The number of allylic oxidation sites excluding steroid dienone is 6. The number of carbonyl (C=O) groups excluding carboxylic acids is 2. The van der Waals surface area contributed by atoms with Gasteiger partial charge in [0.2, 0.25) is 0 Å². The molecule has 180 valence electrons. The molecule has 0 fully saturated rings. The fourth-order valence-electron chi connectivity index (χ4n) is 3.46. The van der Waals surface area contributed by atoms with Crippen LogP contribution < -0.4 is 5.32 Å². The van der Waals surface area contributed by atoms with Crippen molar-refractivity contribution in [3.8, 4) is 0 Å². The largest absolute Gasteiger partial charge is 0.357 e. The van der Waals surface area contributed by atoms with Crippen LogP contribution >= 0.6 is 0 Å². The summed E-state index contributed by atoms with van der Waals surface area (Å²) in [4.78, 5) is 29.1. The second-order valence-electron chi connectivity index (χ2n) is 8.05. The van der Waals surface area contributed by atoms with E-state index in [1.54, 1.807) is 25.1 Å². The van der Waals surface area contributed by atoms with Crippen LogP contribution in [0.5, 0.6) is 0 Å². The SMILES string of the molecule is C=C(N=C(/C=C\C)/C(=C/C)N/C(=C/C(C)=O)CCC)c1ccc(C(=C)C(=O)c2ccccc2)cc1. The van der Waals surface area contributed by atoms with Crippen molar-refractivity contribution >= 4 is 28.5 Å². The number of ketones is 2.